The van der Waals surface area contributed by atoms with E-state index < -0.39 is 20.0 Å². The van der Waals surface area contributed by atoms with Crippen LogP contribution >= 0.6 is 0 Å². The van der Waals surface area contributed by atoms with Crippen LogP contribution in [-0.2, 0) is 27.1 Å². The second kappa shape index (κ2) is 7.46. The van der Waals surface area contributed by atoms with Crippen LogP contribution < -0.4 is 4.72 Å². The van der Waals surface area contributed by atoms with Crippen molar-refractivity contribution < 1.29 is 16.8 Å². The average Bonchev–Trinajstić information content (AvgIpc) is 2.94. The number of fused-ring (bicyclic) bond motifs is 1. The van der Waals surface area contributed by atoms with Crippen molar-refractivity contribution in [2.45, 2.75) is 37.6 Å². The minimum atomic E-state index is -3.73. The van der Waals surface area contributed by atoms with Crippen LogP contribution in [0.3, 0.4) is 0 Å². The Hall–Kier alpha value is -1.56. The lowest BCUT2D eigenvalue weighted by atomic mass is 10.1. The maximum absolute atomic E-state index is 12.7. The summed E-state index contributed by atoms with van der Waals surface area (Å²) in [6.45, 7) is 4.38. The molecule has 0 bridgehead atoms. The van der Waals surface area contributed by atoms with Crippen molar-refractivity contribution in [3.05, 3.63) is 18.5 Å². The lowest BCUT2D eigenvalue weighted by molar-refractivity contribution is 0.307. The third-order valence-electron chi connectivity index (χ3n) is 4.57. The van der Waals surface area contributed by atoms with Crippen LogP contribution in [0.1, 0.15) is 26.7 Å². The molecule has 11 heteroatoms. The summed E-state index contributed by atoms with van der Waals surface area (Å²) < 4.78 is 55.7. The van der Waals surface area contributed by atoms with E-state index in [-0.39, 0.29) is 22.6 Å². The molecular formula is C16H25N5O4S2. The van der Waals surface area contributed by atoms with Crippen molar-refractivity contribution in [1.82, 2.24) is 23.8 Å². The molecule has 2 aromatic rings. The third kappa shape index (κ3) is 4.48. The molecule has 27 heavy (non-hydrogen) atoms. The van der Waals surface area contributed by atoms with Gasteiger partial charge >= 0.3 is 0 Å². The maximum atomic E-state index is 12.7. The number of aryl methyl sites for hydroxylation is 1. The van der Waals surface area contributed by atoms with E-state index in [1.165, 1.54) is 10.5 Å². The Kier molecular flexibility index (Phi) is 5.57. The molecule has 1 fully saturated rings. The van der Waals surface area contributed by atoms with Gasteiger partial charge in [-0.2, -0.15) is 5.10 Å². The molecular weight excluding hydrogens is 390 g/mol. The molecule has 3 heterocycles. The van der Waals surface area contributed by atoms with E-state index in [0.29, 0.717) is 37.0 Å². The van der Waals surface area contributed by atoms with Crippen LogP contribution in [0.25, 0.3) is 11.0 Å². The van der Waals surface area contributed by atoms with Crippen molar-refractivity contribution in [3.8, 4) is 0 Å². The minimum absolute atomic E-state index is 0.0566. The predicted octanol–water partition coefficient (Wildman–Crippen LogP) is 0.697. The van der Waals surface area contributed by atoms with Gasteiger partial charge in [0.25, 0.3) is 0 Å². The Labute approximate surface area is 159 Å². The monoisotopic (exact) mass is 415 g/mol. The number of hydrogen-bond acceptors (Lipinski definition) is 6. The fraction of sp³-hybridized carbons (Fsp3) is 0.625. The lowest BCUT2D eigenvalue weighted by Crippen LogP contribution is -2.47. The molecule has 2 aromatic heterocycles. The highest BCUT2D eigenvalue weighted by molar-refractivity contribution is 7.89. The zero-order chi connectivity index (χ0) is 19.8. The molecule has 9 nitrogen and oxygen atoms in total. The second-order valence-electron chi connectivity index (χ2n) is 7.32. The molecule has 0 aliphatic carbocycles. The molecule has 0 spiro atoms. The third-order valence-corrected chi connectivity index (χ3v) is 8.30. The van der Waals surface area contributed by atoms with E-state index in [9.17, 15) is 16.8 Å². The van der Waals surface area contributed by atoms with E-state index in [0.717, 1.165) is 0 Å². The summed E-state index contributed by atoms with van der Waals surface area (Å²) >= 11 is 0. The molecule has 150 valence electrons. The van der Waals surface area contributed by atoms with Gasteiger partial charge in [-0.25, -0.2) is 30.8 Å². The molecule has 0 radical (unpaired) electrons. The summed E-state index contributed by atoms with van der Waals surface area (Å²) in [6, 6.07) is 1.24. The summed E-state index contributed by atoms with van der Waals surface area (Å²) in [6.07, 6.45) is 3.77. The first-order valence-corrected chi connectivity index (χ1v) is 12.0. The fourth-order valence-electron chi connectivity index (χ4n) is 3.24. The normalized spacial score (nSPS) is 17.8. The van der Waals surface area contributed by atoms with Crippen molar-refractivity contribution in [2.75, 3.05) is 18.8 Å². The number of nitrogens with zero attached hydrogens (tertiary/aromatic N) is 4. The Morgan fingerprint density at radius 1 is 1.19 bits per heavy atom. The lowest BCUT2D eigenvalue weighted by Gasteiger charge is -2.31. The van der Waals surface area contributed by atoms with Gasteiger partial charge in [0.15, 0.2) is 5.65 Å². The number of piperidine rings is 1. The number of sulfonamides is 2. The Morgan fingerprint density at radius 2 is 1.85 bits per heavy atom. The number of rotatable bonds is 6. The second-order valence-corrected chi connectivity index (χ2v) is 11.0. The van der Waals surface area contributed by atoms with Crippen molar-refractivity contribution in [3.63, 3.8) is 0 Å². The number of hydrogen-bond donors (Lipinski definition) is 1. The van der Waals surface area contributed by atoms with E-state index in [1.54, 1.807) is 24.0 Å². The molecule has 3 rings (SSSR count). The van der Waals surface area contributed by atoms with Crippen LogP contribution in [0, 0.1) is 5.92 Å². The van der Waals surface area contributed by atoms with Gasteiger partial charge in [-0.05, 0) is 24.8 Å². The number of pyridine rings is 1. The van der Waals surface area contributed by atoms with Gasteiger partial charge in [-0.3, -0.25) is 4.68 Å². The average molecular weight is 416 g/mol. The Balaban J connectivity index is 1.67. The topological polar surface area (TPSA) is 114 Å². The predicted molar refractivity (Wildman–Crippen MR) is 102 cm³/mol. The van der Waals surface area contributed by atoms with Crippen LogP contribution in [0.15, 0.2) is 23.4 Å². The minimum Gasteiger partial charge on any atom is -0.250 e. The van der Waals surface area contributed by atoms with Crippen LogP contribution in [0.5, 0.6) is 0 Å². The molecule has 0 unspecified atom stereocenters. The zero-order valence-corrected chi connectivity index (χ0v) is 17.3. The summed E-state index contributed by atoms with van der Waals surface area (Å²) in [7, 11) is -5.28. The number of aromatic nitrogens is 3. The van der Waals surface area contributed by atoms with Crippen LogP contribution in [0.4, 0.5) is 0 Å². The fourth-order valence-corrected chi connectivity index (χ4v) is 6.34. The maximum Gasteiger partial charge on any atom is 0.242 e. The van der Waals surface area contributed by atoms with Crippen LogP contribution in [0.2, 0.25) is 0 Å². The van der Waals surface area contributed by atoms with Crippen molar-refractivity contribution in [2.24, 2.45) is 13.0 Å². The first kappa shape index (κ1) is 20.2. The molecule has 1 saturated heterocycles. The first-order valence-electron chi connectivity index (χ1n) is 8.86. The SMILES string of the molecule is CC(C)CS(=O)(=O)N1CCC(NS(=O)(=O)c2cnc3c(cnn3C)c2)CC1. The summed E-state index contributed by atoms with van der Waals surface area (Å²) in [4.78, 5) is 4.25. The van der Waals surface area contributed by atoms with E-state index in [4.69, 9.17) is 0 Å². The molecule has 1 aliphatic heterocycles. The van der Waals surface area contributed by atoms with E-state index in [2.05, 4.69) is 14.8 Å². The Bertz CT molecular complexity index is 1020. The van der Waals surface area contributed by atoms with Gasteiger partial charge < -0.3 is 0 Å². The molecule has 0 aromatic carbocycles. The zero-order valence-electron chi connectivity index (χ0n) is 15.7. The largest absolute Gasteiger partial charge is 0.250 e. The summed E-state index contributed by atoms with van der Waals surface area (Å²) in [5, 5.41) is 4.71. The highest BCUT2D eigenvalue weighted by Crippen LogP contribution is 2.20. The smallest absolute Gasteiger partial charge is 0.242 e. The molecule has 1 N–H and O–H groups in total. The quantitative estimate of drug-likeness (QED) is 0.743. The van der Waals surface area contributed by atoms with Gasteiger partial charge in [-0.1, -0.05) is 13.8 Å². The van der Waals surface area contributed by atoms with Crippen molar-refractivity contribution in [1.29, 1.82) is 0 Å². The van der Waals surface area contributed by atoms with Gasteiger partial charge in [0.1, 0.15) is 4.90 Å². The number of nitrogens with one attached hydrogen (secondary N) is 1. The molecule has 0 atom stereocenters. The van der Waals surface area contributed by atoms with Gasteiger partial charge in [0.05, 0.1) is 11.9 Å². The Morgan fingerprint density at radius 3 is 2.48 bits per heavy atom. The van der Waals surface area contributed by atoms with E-state index >= 15 is 0 Å². The van der Waals surface area contributed by atoms with Gasteiger partial charge in [0, 0.05) is 37.8 Å². The van der Waals surface area contributed by atoms with Crippen LogP contribution in [-0.4, -0.2) is 60.8 Å². The summed E-state index contributed by atoms with van der Waals surface area (Å²) in [5.74, 6) is 0.168. The standard InChI is InChI=1S/C16H25N5O4S2/c1-12(2)11-26(22,23)21-6-4-14(5-7-21)19-27(24,25)15-8-13-9-18-20(3)16(13)17-10-15/h8-10,12,14,19H,4-7,11H2,1-3H3. The van der Waals surface area contributed by atoms with Gasteiger partial charge in [0.2, 0.25) is 20.0 Å². The highest BCUT2D eigenvalue weighted by Gasteiger charge is 2.30. The molecule has 0 amide bonds. The first-order chi connectivity index (χ1) is 12.6. The summed E-state index contributed by atoms with van der Waals surface area (Å²) in [5.41, 5.74) is 0.609. The molecule has 0 saturated carbocycles. The highest BCUT2D eigenvalue weighted by atomic mass is 32.2. The van der Waals surface area contributed by atoms with Crippen molar-refractivity contribution >= 4 is 31.1 Å². The van der Waals surface area contributed by atoms with Gasteiger partial charge in [-0.15, -0.1) is 0 Å². The molecule has 1 aliphatic rings. The van der Waals surface area contributed by atoms with E-state index in [1.807, 2.05) is 13.8 Å².